The summed E-state index contributed by atoms with van der Waals surface area (Å²) in [6.07, 6.45) is 11.6. The van der Waals surface area contributed by atoms with E-state index in [9.17, 15) is 4.79 Å². The van der Waals surface area contributed by atoms with Gasteiger partial charge < -0.3 is 4.74 Å². The molecule has 2 nitrogen and oxygen atoms in total. The van der Waals surface area contributed by atoms with Crippen molar-refractivity contribution in [3.63, 3.8) is 0 Å². The first-order valence-corrected chi connectivity index (χ1v) is 9.55. The Labute approximate surface area is 135 Å². The Kier molecular flexibility index (Phi) is 3.49. The number of fused-ring (bicyclic) bond motifs is 5. The zero-order chi connectivity index (χ0) is 15.5. The summed E-state index contributed by atoms with van der Waals surface area (Å²) in [5, 5.41) is 0. The number of carbonyl (C=O) groups excluding carboxylic acids is 1. The molecule has 0 spiro atoms. The standard InChI is InChI=1S/C20H32O2/c1-19-10-8-14(22-3)12-13(19)4-5-15-16-6-7-18(21)20(16,2)11-9-17(15)19/h13-17H,4-12H2,1-3H3/t13-,14-,15-,16-,17-,19-,20-/m0/s1. The summed E-state index contributed by atoms with van der Waals surface area (Å²) in [6.45, 7) is 4.87. The predicted octanol–water partition coefficient (Wildman–Crippen LogP) is 4.61. The SMILES string of the molecule is CO[C@H]1CC[C@@]2(C)[C@@H](CC[C@@H]3[C@@H]2CC[C@]2(C)C(=O)CC[C@@H]32)C1. The first kappa shape index (κ1) is 15.2. The molecule has 0 aliphatic heterocycles. The summed E-state index contributed by atoms with van der Waals surface area (Å²) in [7, 11) is 1.88. The lowest BCUT2D eigenvalue weighted by Gasteiger charge is -2.60. The van der Waals surface area contributed by atoms with Gasteiger partial charge >= 0.3 is 0 Å². The van der Waals surface area contributed by atoms with Gasteiger partial charge in [-0.05, 0) is 80.5 Å². The number of carbonyl (C=O) groups is 1. The van der Waals surface area contributed by atoms with E-state index in [1.165, 1.54) is 44.9 Å². The normalized spacial score (nSPS) is 54.5. The fourth-order valence-corrected chi connectivity index (χ4v) is 7.20. The molecular weight excluding hydrogens is 272 g/mol. The molecule has 4 aliphatic carbocycles. The first-order valence-electron chi connectivity index (χ1n) is 9.55. The summed E-state index contributed by atoms with van der Waals surface area (Å²) in [5.74, 6) is 3.82. The number of ketones is 1. The average Bonchev–Trinajstić information content (AvgIpc) is 2.82. The molecule has 7 atom stereocenters. The van der Waals surface area contributed by atoms with Crippen LogP contribution in [0.2, 0.25) is 0 Å². The van der Waals surface area contributed by atoms with E-state index in [0.29, 0.717) is 23.2 Å². The average molecular weight is 304 g/mol. The molecule has 0 aromatic carbocycles. The Morgan fingerprint density at radius 2 is 1.82 bits per heavy atom. The van der Waals surface area contributed by atoms with Crippen LogP contribution in [0.5, 0.6) is 0 Å². The van der Waals surface area contributed by atoms with Gasteiger partial charge in [0.15, 0.2) is 0 Å². The zero-order valence-corrected chi connectivity index (χ0v) is 14.6. The number of rotatable bonds is 1. The lowest BCUT2D eigenvalue weighted by atomic mass is 9.45. The lowest BCUT2D eigenvalue weighted by Crippen LogP contribution is -2.54. The highest BCUT2D eigenvalue weighted by molar-refractivity contribution is 5.87. The van der Waals surface area contributed by atoms with Crippen molar-refractivity contribution in [1.82, 2.24) is 0 Å². The number of Topliss-reactive ketones (excluding diaryl/α,β-unsaturated/α-hetero) is 1. The van der Waals surface area contributed by atoms with E-state index in [-0.39, 0.29) is 5.41 Å². The molecule has 4 rings (SSSR count). The van der Waals surface area contributed by atoms with Gasteiger partial charge in [0.2, 0.25) is 0 Å². The van der Waals surface area contributed by atoms with E-state index in [4.69, 9.17) is 4.74 Å². The molecule has 0 amide bonds. The molecule has 0 saturated heterocycles. The molecule has 2 heteroatoms. The Bertz CT molecular complexity index is 472. The number of methoxy groups -OCH3 is 1. The van der Waals surface area contributed by atoms with Gasteiger partial charge in [-0.2, -0.15) is 0 Å². The van der Waals surface area contributed by atoms with Gasteiger partial charge in [-0.25, -0.2) is 0 Å². The number of ether oxygens (including phenoxy) is 1. The molecule has 4 saturated carbocycles. The van der Waals surface area contributed by atoms with Gasteiger partial charge in [0.25, 0.3) is 0 Å². The van der Waals surface area contributed by atoms with Crippen LogP contribution in [0.25, 0.3) is 0 Å². The summed E-state index contributed by atoms with van der Waals surface area (Å²) < 4.78 is 5.68. The minimum Gasteiger partial charge on any atom is -0.381 e. The fraction of sp³-hybridized carbons (Fsp3) is 0.950. The van der Waals surface area contributed by atoms with Crippen molar-refractivity contribution >= 4 is 5.78 Å². The van der Waals surface area contributed by atoms with Crippen molar-refractivity contribution in [3.05, 3.63) is 0 Å². The van der Waals surface area contributed by atoms with E-state index in [2.05, 4.69) is 13.8 Å². The van der Waals surface area contributed by atoms with Crippen LogP contribution in [0.3, 0.4) is 0 Å². The van der Waals surface area contributed by atoms with E-state index < -0.39 is 0 Å². The summed E-state index contributed by atoms with van der Waals surface area (Å²) in [4.78, 5) is 12.4. The topological polar surface area (TPSA) is 26.3 Å². The van der Waals surface area contributed by atoms with Crippen LogP contribution >= 0.6 is 0 Å². The van der Waals surface area contributed by atoms with Crippen LogP contribution in [0.15, 0.2) is 0 Å². The lowest BCUT2D eigenvalue weighted by molar-refractivity contribution is -0.143. The maximum atomic E-state index is 12.4. The number of hydrogen-bond donors (Lipinski definition) is 0. The van der Waals surface area contributed by atoms with Crippen molar-refractivity contribution in [2.24, 2.45) is 34.5 Å². The van der Waals surface area contributed by atoms with E-state index in [1.54, 1.807) is 0 Å². The summed E-state index contributed by atoms with van der Waals surface area (Å²) >= 11 is 0. The zero-order valence-electron chi connectivity index (χ0n) is 14.6. The maximum Gasteiger partial charge on any atom is 0.139 e. The minimum absolute atomic E-state index is 0.0358. The molecule has 4 fully saturated rings. The molecule has 0 bridgehead atoms. The highest BCUT2D eigenvalue weighted by atomic mass is 16.5. The quantitative estimate of drug-likeness (QED) is 0.707. The van der Waals surface area contributed by atoms with Gasteiger partial charge in [0, 0.05) is 18.9 Å². The molecule has 0 radical (unpaired) electrons. The predicted molar refractivity (Wildman–Crippen MR) is 87.5 cm³/mol. The van der Waals surface area contributed by atoms with Crippen LogP contribution in [0.4, 0.5) is 0 Å². The minimum atomic E-state index is 0.0358. The van der Waals surface area contributed by atoms with E-state index in [0.717, 1.165) is 30.6 Å². The van der Waals surface area contributed by atoms with Crippen molar-refractivity contribution in [3.8, 4) is 0 Å². The van der Waals surface area contributed by atoms with Crippen LogP contribution in [-0.2, 0) is 9.53 Å². The number of hydrogen-bond acceptors (Lipinski definition) is 2. The summed E-state index contributed by atoms with van der Waals surface area (Å²) in [6, 6.07) is 0. The monoisotopic (exact) mass is 304 g/mol. The second-order valence-electron chi connectivity index (χ2n) is 9.21. The van der Waals surface area contributed by atoms with Gasteiger partial charge in [-0.3, -0.25) is 4.79 Å². The summed E-state index contributed by atoms with van der Waals surface area (Å²) in [5.41, 5.74) is 0.555. The van der Waals surface area contributed by atoms with E-state index >= 15 is 0 Å². The second-order valence-corrected chi connectivity index (χ2v) is 9.21. The molecule has 0 aromatic heterocycles. The molecule has 124 valence electrons. The van der Waals surface area contributed by atoms with Gasteiger partial charge in [0.1, 0.15) is 5.78 Å². The molecule has 22 heavy (non-hydrogen) atoms. The fourth-order valence-electron chi connectivity index (χ4n) is 7.20. The van der Waals surface area contributed by atoms with Crippen LogP contribution < -0.4 is 0 Å². The van der Waals surface area contributed by atoms with Crippen molar-refractivity contribution in [2.75, 3.05) is 7.11 Å². The van der Waals surface area contributed by atoms with Gasteiger partial charge in [-0.1, -0.05) is 13.8 Å². The van der Waals surface area contributed by atoms with Crippen molar-refractivity contribution in [1.29, 1.82) is 0 Å². The molecule has 0 N–H and O–H groups in total. The third kappa shape index (κ3) is 1.92. The Hall–Kier alpha value is -0.370. The third-order valence-electron chi connectivity index (χ3n) is 8.66. The second kappa shape index (κ2) is 5.06. The van der Waals surface area contributed by atoms with Crippen molar-refractivity contribution in [2.45, 2.75) is 77.7 Å². The van der Waals surface area contributed by atoms with Gasteiger partial charge in [-0.15, -0.1) is 0 Å². The Balaban J connectivity index is 1.60. The highest BCUT2D eigenvalue weighted by Crippen LogP contribution is 2.65. The van der Waals surface area contributed by atoms with Crippen LogP contribution in [0, 0.1) is 34.5 Å². The molecule has 0 heterocycles. The Morgan fingerprint density at radius 3 is 2.59 bits per heavy atom. The molecular formula is C20H32O2. The van der Waals surface area contributed by atoms with Gasteiger partial charge in [0.05, 0.1) is 6.10 Å². The van der Waals surface area contributed by atoms with Crippen LogP contribution in [-0.4, -0.2) is 19.0 Å². The van der Waals surface area contributed by atoms with Crippen molar-refractivity contribution < 1.29 is 9.53 Å². The third-order valence-corrected chi connectivity index (χ3v) is 8.66. The first-order chi connectivity index (χ1) is 10.5. The molecule has 0 unspecified atom stereocenters. The highest BCUT2D eigenvalue weighted by Gasteiger charge is 2.60. The molecule has 0 aromatic rings. The molecule has 4 aliphatic rings. The largest absolute Gasteiger partial charge is 0.381 e. The van der Waals surface area contributed by atoms with Crippen LogP contribution in [0.1, 0.15) is 71.6 Å². The van der Waals surface area contributed by atoms with E-state index in [1.807, 2.05) is 7.11 Å². The smallest absolute Gasteiger partial charge is 0.139 e. The maximum absolute atomic E-state index is 12.4. The Morgan fingerprint density at radius 1 is 1.00 bits per heavy atom.